The third-order valence-corrected chi connectivity index (χ3v) is 7.05. The van der Waals surface area contributed by atoms with Crippen molar-refractivity contribution in [3.63, 3.8) is 0 Å². The zero-order valence-electron chi connectivity index (χ0n) is 23.2. The number of aryl methyl sites for hydroxylation is 1. The molecule has 0 aliphatic carbocycles. The number of primary sulfonamides is 1. The zero-order chi connectivity index (χ0) is 28.1. The quantitative estimate of drug-likeness (QED) is 0.237. The van der Waals surface area contributed by atoms with E-state index in [9.17, 15) is 13.5 Å². The lowest BCUT2D eigenvalue weighted by Gasteiger charge is -2.33. The Morgan fingerprint density at radius 2 is 1.85 bits per heavy atom. The summed E-state index contributed by atoms with van der Waals surface area (Å²) in [5, 5.41) is 19.9. The molecule has 1 atom stereocenters. The van der Waals surface area contributed by atoms with Gasteiger partial charge >= 0.3 is 0 Å². The Balaban J connectivity index is 1.16. The fourth-order valence-electron chi connectivity index (χ4n) is 4.39. The van der Waals surface area contributed by atoms with E-state index in [-0.39, 0.29) is 0 Å². The SMILES string of the molecule is CC1(C)OCc2cc([C@H](O)CNCCCCCCOCCCCc3cccc(/C=C/S(N)(=O)=O)c3)ccc2O1. The topological polar surface area (TPSA) is 120 Å². The van der Waals surface area contributed by atoms with Crippen molar-refractivity contribution in [2.24, 2.45) is 5.14 Å². The van der Waals surface area contributed by atoms with Crippen molar-refractivity contribution in [1.29, 1.82) is 0 Å². The molecule has 0 spiro atoms. The van der Waals surface area contributed by atoms with Crippen LogP contribution in [0.4, 0.5) is 0 Å². The van der Waals surface area contributed by atoms with E-state index < -0.39 is 21.9 Å². The first kappa shape index (κ1) is 31.3. The molecule has 3 rings (SSSR count). The Kier molecular flexibility index (Phi) is 12.4. The van der Waals surface area contributed by atoms with Crippen molar-refractivity contribution in [2.75, 3.05) is 26.3 Å². The lowest BCUT2D eigenvalue weighted by Crippen LogP contribution is -2.35. The Hall–Kier alpha value is -2.27. The van der Waals surface area contributed by atoms with Gasteiger partial charge in [-0.3, -0.25) is 0 Å². The van der Waals surface area contributed by atoms with Crippen LogP contribution in [0.25, 0.3) is 6.08 Å². The van der Waals surface area contributed by atoms with Gasteiger partial charge in [0.25, 0.3) is 0 Å². The summed E-state index contributed by atoms with van der Waals surface area (Å²) in [4.78, 5) is 0. The van der Waals surface area contributed by atoms with E-state index in [4.69, 9.17) is 19.3 Å². The molecule has 9 heteroatoms. The van der Waals surface area contributed by atoms with Gasteiger partial charge in [-0.25, -0.2) is 13.6 Å². The summed E-state index contributed by atoms with van der Waals surface area (Å²) < 4.78 is 39.4. The summed E-state index contributed by atoms with van der Waals surface area (Å²) in [7, 11) is -3.61. The standard InChI is InChI=1S/C30H44N2O6S/c1-30(2)37-23-27-21-26(13-14-29(27)38-30)28(33)22-32-16-6-3-4-7-17-36-18-8-5-10-24-11-9-12-25(20-24)15-19-39(31,34)35/h9,11-15,19-21,28,32-33H,3-8,10,16-18,22-23H2,1-2H3,(H2,31,34,35)/b19-15+/t28-/m1/s1. The first-order valence-electron chi connectivity index (χ1n) is 13.8. The molecular formula is C30H44N2O6S. The van der Waals surface area contributed by atoms with E-state index in [1.165, 1.54) is 11.6 Å². The summed E-state index contributed by atoms with van der Waals surface area (Å²) in [5.74, 6) is 0.204. The van der Waals surface area contributed by atoms with Gasteiger partial charge in [0.05, 0.1) is 12.7 Å². The molecule has 0 radical (unpaired) electrons. The first-order chi connectivity index (χ1) is 18.6. The molecule has 0 bridgehead atoms. The first-order valence-corrected chi connectivity index (χ1v) is 15.4. The van der Waals surface area contributed by atoms with Crippen molar-refractivity contribution in [1.82, 2.24) is 5.32 Å². The molecular weight excluding hydrogens is 516 g/mol. The van der Waals surface area contributed by atoms with Gasteiger partial charge in [-0.05, 0) is 73.5 Å². The second kappa shape index (κ2) is 15.5. The van der Waals surface area contributed by atoms with Gasteiger partial charge in [0.1, 0.15) is 5.75 Å². The van der Waals surface area contributed by atoms with Crippen LogP contribution in [-0.4, -0.2) is 45.6 Å². The van der Waals surface area contributed by atoms with Gasteiger partial charge in [0.2, 0.25) is 15.8 Å². The number of ether oxygens (including phenoxy) is 3. The molecule has 0 unspecified atom stereocenters. The smallest absolute Gasteiger partial charge is 0.231 e. The molecule has 2 aromatic carbocycles. The lowest BCUT2D eigenvalue weighted by atomic mass is 10.0. The second-order valence-corrected chi connectivity index (χ2v) is 11.9. The third-order valence-electron chi connectivity index (χ3n) is 6.54. The number of hydrogen-bond donors (Lipinski definition) is 3. The van der Waals surface area contributed by atoms with Crippen molar-refractivity contribution in [3.05, 3.63) is 70.1 Å². The van der Waals surface area contributed by atoms with Crippen LogP contribution in [0.1, 0.15) is 80.7 Å². The molecule has 39 heavy (non-hydrogen) atoms. The van der Waals surface area contributed by atoms with Gasteiger partial charge in [0, 0.05) is 44.6 Å². The molecule has 8 nitrogen and oxygen atoms in total. The molecule has 1 heterocycles. The summed E-state index contributed by atoms with van der Waals surface area (Å²) >= 11 is 0. The monoisotopic (exact) mass is 560 g/mol. The highest BCUT2D eigenvalue weighted by atomic mass is 32.2. The lowest BCUT2D eigenvalue weighted by molar-refractivity contribution is -0.180. The molecule has 4 N–H and O–H groups in total. The number of hydrogen-bond acceptors (Lipinski definition) is 7. The number of rotatable bonds is 17. The van der Waals surface area contributed by atoms with E-state index in [1.54, 1.807) is 0 Å². The maximum absolute atomic E-state index is 11.1. The van der Waals surface area contributed by atoms with Crippen LogP contribution >= 0.6 is 0 Å². The average Bonchev–Trinajstić information content (AvgIpc) is 2.89. The second-order valence-electron chi connectivity index (χ2n) is 10.5. The minimum absolute atomic E-state index is 0.486. The number of fused-ring (bicyclic) bond motifs is 1. The number of unbranched alkanes of at least 4 members (excludes halogenated alkanes) is 4. The van der Waals surface area contributed by atoms with Crippen LogP contribution in [0.5, 0.6) is 5.75 Å². The molecule has 0 amide bonds. The van der Waals surface area contributed by atoms with Crippen molar-refractivity contribution in [2.45, 2.75) is 77.3 Å². The largest absolute Gasteiger partial charge is 0.463 e. The average molecular weight is 561 g/mol. The zero-order valence-corrected chi connectivity index (χ0v) is 24.0. The van der Waals surface area contributed by atoms with Crippen LogP contribution in [0.15, 0.2) is 47.9 Å². The molecule has 2 aromatic rings. The van der Waals surface area contributed by atoms with Crippen molar-refractivity contribution >= 4 is 16.1 Å². The van der Waals surface area contributed by atoms with E-state index >= 15 is 0 Å². The summed E-state index contributed by atoms with van der Waals surface area (Å²) in [6.07, 6.45) is 8.28. The fraction of sp³-hybridized carbons (Fsp3) is 0.533. The van der Waals surface area contributed by atoms with Crippen molar-refractivity contribution < 1.29 is 27.7 Å². The van der Waals surface area contributed by atoms with Gasteiger partial charge in [-0.1, -0.05) is 43.2 Å². The maximum Gasteiger partial charge on any atom is 0.231 e. The molecule has 1 aliphatic rings. The predicted molar refractivity (Wildman–Crippen MR) is 155 cm³/mol. The Morgan fingerprint density at radius 3 is 2.64 bits per heavy atom. The molecule has 1 aliphatic heterocycles. The van der Waals surface area contributed by atoms with Gasteiger partial charge < -0.3 is 24.6 Å². The van der Waals surface area contributed by atoms with Gasteiger partial charge in [0.15, 0.2) is 0 Å². The number of nitrogens with two attached hydrogens (primary N) is 1. The number of benzene rings is 2. The van der Waals surface area contributed by atoms with Crippen molar-refractivity contribution in [3.8, 4) is 5.75 Å². The summed E-state index contributed by atoms with van der Waals surface area (Å²) in [6, 6.07) is 13.6. The number of sulfonamides is 1. The molecule has 0 saturated heterocycles. The third kappa shape index (κ3) is 12.2. The van der Waals surface area contributed by atoms with Gasteiger partial charge in [-0.2, -0.15) is 0 Å². The predicted octanol–water partition coefficient (Wildman–Crippen LogP) is 4.81. The molecule has 0 fully saturated rings. The van der Waals surface area contributed by atoms with Crippen LogP contribution < -0.4 is 15.2 Å². The van der Waals surface area contributed by atoms with Crippen LogP contribution in [0.2, 0.25) is 0 Å². The van der Waals surface area contributed by atoms with E-state index in [0.717, 1.165) is 92.6 Å². The minimum Gasteiger partial charge on any atom is -0.463 e. The number of nitrogens with one attached hydrogen (secondary N) is 1. The van der Waals surface area contributed by atoms with E-state index in [1.807, 2.05) is 56.3 Å². The van der Waals surface area contributed by atoms with E-state index in [0.29, 0.717) is 13.2 Å². The maximum atomic E-state index is 11.1. The highest BCUT2D eigenvalue weighted by Gasteiger charge is 2.27. The Morgan fingerprint density at radius 1 is 1.08 bits per heavy atom. The highest BCUT2D eigenvalue weighted by Crippen LogP contribution is 2.32. The highest BCUT2D eigenvalue weighted by molar-refractivity contribution is 7.92. The number of aliphatic hydroxyl groups excluding tert-OH is 1. The molecule has 216 valence electrons. The van der Waals surface area contributed by atoms with Crippen LogP contribution in [-0.2, 0) is 32.5 Å². The molecule has 0 aromatic heterocycles. The van der Waals surface area contributed by atoms with E-state index in [2.05, 4.69) is 5.32 Å². The molecule has 0 saturated carbocycles. The minimum atomic E-state index is -3.61. The Labute approximate surface area is 233 Å². The Bertz CT molecular complexity index is 1170. The van der Waals surface area contributed by atoms with Crippen LogP contribution in [0, 0.1) is 0 Å². The fourth-order valence-corrected chi connectivity index (χ4v) is 4.74. The van der Waals surface area contributed by atoms with Gasteiger partial charge in [-0.15, -0.1) is 0 Å². The summed E-state index contributed by atoms with van der Waals surface area (Å²) in [5.41, 5.74) is 3.84. The number of aliphatic hydroxyl groups is 1. The normalized spacial score (nSPS) is 15.7. The summed E-state index contributed by atoms with van der Waals surface area (Å²) in [6.45, 7) is 7.20. The van der Waals surface area contributed by atoms with Crippen LogP contribution in [0.3, 0.4) is 0 Å².